The molecule has 0 radical (unpaired) electrons. The van der Waals surface area contributed by atoms with E-state index >= 15 is 0 Å². The molecule has 0 aromatic carbocycles. The molecule has 2 N–H and O–H groups in total. The molecule has 1 rings (SSSR count). The van der Waals surface area contributed by atoms with Gasteiger partial charge >= 0.3 is 0 Å². The molecular weight excluding hydrogens is 276 g/mol. The molecule has 0 spiro atoms. The maximum Gasteiger partial charge on any atom is 0.211 e. The van der Waals surface area contributed by atoms with Gasteiger partial charge in [0.25, 0.3) is 0 Å². The van der Waals surface area contributed by atoms with Gasteiger partial charge in [0.2, 0.25) is 10.0 Å². The summed E-state index contributed by atoms with van der Waals surface area (Å²) in [7, 11) is -1.36. The van der Waals surface area contributed by atoms with Crippen LogP contribution >= 0.6 is 0 Å². The summed E-state index contributed by atoms with van der Waals surface area (Å²) in [6.45, 7) is 7.25. The number of hydrogen-bond donors (Lipinski definition) is 2. The van der Waals surface area contributed by atoms with E-state index < -0.39 is 10.0 Å². The lowest BCUT2D eigenvalue weighted by atomic mass is 10.3. The van der Waals surface area contributed by atoms with E-state index in [1.807, 2.05) is 14.0 Å². The Morgan fingerprint density at radius 3 is 2.60 bits per heavy atom. The Balaban J connectivity index is 2.29. The van der Waals surface area contributed by atoms with Crippen molar-refractivity contribution in [1.29, 1.82) is 0 Å². The van der Waals surface area contributed by atoms with E-state index in [1.54, 1.807) is 10.9 Å². The first kappa shape index (κ1) is 17.1. The quantitative estimate of drug-likeness (QED) is 0.665. The van der Waals surface area contributed by atoms with Crippen LogP contribution in [0.3, 0.4) is 0 Å². The summed E-state index contributed by atoms with van der Waals surface area (Å²) in [5.41, 5.74) is 1.89. The molecule has 7 heteroatoms. The number of unbranched alkanes of at least 4 members (excludes halogenated alkanes) is 1. The Hall–Kier alpha value is -0.920. The average molecular weight is 302 g/mol. The van der Waals surface area contributed by atoms with Crippen molar-refractivity contribution in [3.8, 4) is 0 Å². The number of sulfonamides is 1. The first-order valence-corrected chi connectivity index (χ1v) is 8.65. The second-order valence-corrected chi connectivity index (χ2v) is 7.26. The van der Waals surface area contributed by atoms with Gasteiger partial charge in [-0.25, -0.2) is 13.1 Å². The molecule has 0 bridgehead atoms. The molecule has 0 amide bonds. The second-order valence-electron chi connectivity index (χ2n) is 5.33. The zero-order valence-corrected chi connectivity index (χ0v) is 13.6. The highest BCUT2D eigenvalue weighted by Crippen LogP contribution is 2.06. The highest BCUT2D eigenvalue weighted by molar-refractivity contribution is 7.89. The van der Waals surface area contributed by atoms with E-state index in [0.717, 1.165) is 24.2 Å². The molecule has 0 unspecified atom stereocenters. The van der Waals surface area contributed by atoms with Crippen molar-refractivity contribution in [2.24, 2.45) is 7.05 Å². The van der Waals surface area contributed by atoms with Crippen LogP contribution in [0.15, 0.2) is 6.20 Å². The molecule has 1 heterocycles. The van der Waals surface area contributed by atoms with E-state index in [-0.39, 0.29) is 5.75 Å². The fourth-order valence-electron chi connectivity index (χ4n) is 1.79. The maximum absolute atomic E-state index is 11.9. The summed E-state index contributed by atoms with van der Waals surface area (Å²) >= 11 is 0. The third-order valence-corrected chi connectivity index (χ3v) is 4.62. The van der Waals surface area contributed by atoms with Crippen molar-refractivity contribution < 1.29 is 8.42 Å². The number of hydrogen-bond acceptors (Lipinski definition) is 4. The van der Waals surface area contributed by atoms with E-state index in [1.165, 1.54) is 0 Å². The number of nitrogens with one attached hydrogen (secondary N) is 2. The molecule has 0 aliphatic rings. The average Bonchev–Trinajstić information content (AvgIpc) is 2.67. The van der Waals surface area contributed by atoms with E-state index in [0.29, 0.717) is 19.0 Å². The van der Waals surface area contributed by atoms with Crippen LogP contribution in [0.1, 0.15) is 37.9 Å². The highest BCUT2D eigenvalue weighted by Gasteiger charge is 2.11. The largest absolute Gasteiger partial charge is 0.315 e. The lowest BCUT2D eigenvalue weighted by Crippen LogP contribution is -2.27. The molecule has 0 aliphatic heterocycles. The van der Waals surface area contributed by atoms with Crippen LogP contribution in [-0.2, 0) is 23.6 Å². The third kappa shape index (κ3) is 6.02. The minimum absolute atomic E-state index is 0.173. The van der Waals surface area contributed by atoms with Gasteiger partial charge < -0.3 is 5.32 Å². The van der Waals surface area contributed by atoms with Crippen LogP contribution in [0.4, 0.5) is 0 Å². The molecule has 1 aromatic heterocycles. The SMILES string of the molecule is Cc1c(CNS(=O)(=O)CCCCNC(C)C)cnn1C. The van der Waals surface area contributed by atoms with Gasteiger partial charge in [-0.3, -0.25) is 4.68 Å². The van der Waals surface area contributed by atoms with Crippen molar-refractivity contribution in [1.82, 2.24) is 19.8 Å². The third-order valence-electron chi connectivity index (χ3n) is 3.21. The van der Waals surface area contributed by atoms with Crippen molar-refractivity contribution in [3.05, 3.63) is 17.5 Å². The van der Waals surface area contributed by atoms with Crippen molar-refractivity contribution in [3.63, 3.8) is 0 Å². The number of nitrogens with zero attached hydrogens (tertiary/aromatic N) is 2. The Labute approximate surface area is 122 Å². The van der Waals surface area contributed by atoms with Crippen LogP contribution in [-0.4, -0.2) is 36.5 Å². The van der Waals surface area contributed by atoms with Gasteiger partial charge in [0.05, 0.1) is 11.9 Å². The summed E-state index contributed by atoms with van der Waals surface area (Å²) in [6.07, 6.45) is 3.23. The lowest BCUT2D eigenvalue weighted by Gasteiger charge is -2.09. The van der Waals surface area contributed by atoms with Gasteiger partial charge in [0.1, 0.15) is 0 Å². The Kier molecular flexibility index (Phi) is 6.64. The Morgan fingerprint density at radius 2 is 2.05 bits per heavy atom. The van der Waals surface area contributed by atoms with Gasteiger partial charge in [-0.1, -0.05) is 13.8 Å². The van der Waals surface area contributed by atoms with Crippen LogP contribution in [0.2, 0.25) is 0 Å². The molecule has 0 saturated heterocycles. The minimum Gasteiger partial charge on any atom is -0.315 e. The zero-order valence-electron chi connectivity index (χ0n) is 12.8. The minimum atomic E-state index is -3.20. The van der Waals surface area contributed by atoms with E-state index in [9.17, 15) is 8.42 Å². The van der Waals surface area contributed by atoms with Gasteiger partial charge in [0.15, 0.2) is 0 Å². The standard InChI is InChI=1S/C13H26N4O2S/c1-11(2)14-7-5-6-8-20(18,19)16-10-13-9-15-17(4)12(13)3/h9,11,14,16H,5-8,10H2,1-4H3. The fourth-order valence-corrected chi connectivity index (χ4v) is 2.89. The monoisotopic (exact) mass is 302 g/mol. The lowest BCUT2D eigenvalue weighted by molar-refractivity contribution is 0.555. The van der Waals surface area contributed by atoms with Crippen LogP contribution in [0.25, 0.3) is 0 Å². The molecule has 0 fully saturated rings. The molecule has 0 saturated carbocycles. The molecule has 20 heavy (non-hydrogen) atoms. The Bertz CT molecular complexity index is 508. The van der Waals surface area contributed by atoms with Crippen molar-refractivity contribution >= 4 is 10.0 Å². The molecule has 0 atom stereocenters. The van der Waals surface area contributed by atoms with Crippen LogP contribution in [0.5, 0.6) is 0 Å². The zero-order chi connectivity index (χ0) is 15.2. The van der Waals surface area contributed by atoms with Crippen molar-refractivity contribution in [2.45, 2.75) is 46.2 Å². The smallest absolute Gasteiger partial charge is 0.211 e. The van der Waals surface area contributed by atoms with Gasteiger partial charge in [-0.15, -0.1) is 0 Å². The van der Waals surface area contributed by atoms with Gasteiger partial charge in [0, 0.05) is 30.9 Å². The molecule has 6 nitrogen and oxygen atoms in total. The van der Waals surface area contributed by atoms with E-state index in [4.69, 9.17) is 0 Å². The topological polar surface area (TPSA) is 76.0 Å². The van der Waals surface area contributed by atoms with Gasteiger partial charge in [-0.2, -0.15) is 5.10 Å². The fraction of sp³-hybridized carbons (Fsp3) is 0.769. The molecular formula is C13H26N4O2S. The molecule has 1 aromatic rings. The maximum atomic E-state index is 11.9. The molecule has 0 aliphatic carbocycles. The molecule has 116 valence electrons. The summed E-state index contributed by atoms with van der Waals surface area (Å²) in [5, 5.41) is 7.37. The first-order chi connectivity index (χ1) is 9.32. The first-order valence-electron chi connectivity index (χ1n) is 7.00. The number of rotatable bonds is 9. The van der Waals surface area contributed by atoms with Crippen LogP contribution < -0.4 is 10.0 Å². The highest BCUT2D eigenvalue weighted by atomic mass is 32.2. The normalized spacial score (nSPS) is 12.2. The number of aryl methyl sites for hydroxylation is 1. The summed E-state index contributed by atoms with van der Waals surface area (Å²) in [6, 6.07) is 0.443. The summed E-state index contributed by atoms with van der Waals surface area (Å²) in [4.78, 5) is 0. The predicted molar refractivity (Wildman–Crippen MR) is 80.9 cm³/mol. The van der Waals surface area contributed by atoms with Crippen LogP contribution in [0, 0.1) is 6.92 Å². The van der Waals surface area contributed by atoms with E-state index in [2.05, 4.69) is 29.0 Å². The Morgan fingerprint density at radius 1 is 1.35 bits per heavy atom. The second kappa shape index (κ2) is 7.75. The summed E-state index contributed by atoms with van der Waals surface area (Å²) < 4.78 is 28.1. The number of aromatic nitrogens is 2. The van der Waals surface area contributed by atoms with Gasteiger partial charge in [-0.05, 0) is 26.3 Å². The summed E-state index contributed by atoms with van der Waals surface area (Å²) in [5.74, 6) is 0.173. The predicted octanol–water partition coefficient (Wildman–Crippen LogP) is 0.926. The van der Waals surface area contributed by atoms with Crippen molar-refractivity contribution in [2.75, 3.05) is 12.3 Å².